The number of anilines is 1. The fourth-order valence-electron chi connectivity index (χ4n) is 0.797. The molecule has 1 atom stereocenters. The van der Waals surface area contributed by atoms with E-state index in [1.165, 1.54) is 6.33 Å². The zero-order chi connectivity index (χ0) is 9.68. The Hall–Kier alpha value is -0.870. The molecule has 0 aliphatic carbocycles. The summed E-state index contributed by atoms with van der Waals surface area (Å²) >= 11 is 5.83. The molecule has 1 heterocycles. The molecule has 4 nitrogen and oxygen atoms in total. The highest BCUT2D eigenvalue weighted by Gasteiger charge is 2.02. The third kappa shape index (κ3) is 3.16. The van der Waals surface area contributed by atoms with Gasteiger partial charge in [-0.3, -0.25) is 0 Å². The molecule has 13 heavy (non-hydrogen) atoms. The molecule has 0 saturated carbocycles. The van der Waals surface area contributed by atoms with Gasteiger partial charge >= 0.3 is 0 Å². The summed E-state index contributed by atoms with van der Waals surface area (Å²) in [6, 6.07) is 0. The van der Waals surface area contributed by atoms with Gasteiger partial charge in [0.25, 0.3) is 0 Å². The van der Waals surface area contributed by atoms with Crippen LogP contribution in [0.25, 0.3) is 0 Å². The summed E-state index contributed by atoms with van der Waals surface area (Å²) in [5.41, 5.74) is 5.47. The van der Waals surface area contributed by atoms with E-state index >= 15 is 0 Å². The highest BCUT2D eigenvalue weighted by molar-refractivity contribution is 6.32. The maximum Gasteiger partial charge on any atom is 0.148 e. The van der Waals surface area contributed by atoms with Crippen LogP contribution in [0.3, 0.4) is 0 Å². The molecule has 0 radical (unpaired) electrons. The average Bonchev–Trinajstić information content (AvgIpc) is 2.16. The smallest absolute Gasteiger partial charge is 0.148 e. The monoisotopic (exact) mass is 200 g/mol. The van der Waals surface area contributed by atoms with Crippen molar-refractivity contribution in [2.75, 3.05) is 18.4 Å². The van der Waals surface area contributed by atoms with Crippen molar-refractivity contribution in [3.05, 3.63) is 17.5 Å². The Labute approximate surface area is 82.5 Å². The largest absolute Gasteiger partial charge is 0.368 e. The third-order valence-corrected chi connectivity index (χ3v) is 1.96. The van der Waals surface area contributed by atoms with Crippen LogP contribution in [0.1, 0.15) is 6.92 Å². The van der Waals surface area contributed by atoms with Crippen molar-refractivity contribution >= 4 is 17.4 Å². The maximum atomic E-state index is 5.83. The number of nitrogens with one attached hydrogen (secondary N) is 1. The van der Waals surface area contributed by atoms with Crippen molar-refractivity contribution in [3.8, 4) is 0 Å². The van der Waals surface area contributed by atoms with Crippen LogP contribution in [0.5, 0.6) is 0 Å². The Bertz CT molecular complexity index is 266. The van der Waals surface area contributed by atoms with E-state index in [1.807, 2.05) is 0 Å². The molecule has 0 spiro atoms. The van der Waals surface area contributed by atoms with Gasteiger partial charge in [-0.25, -0.2) is 9.97 Å². The SMILES string of the molecule is CC(CN)CNc1ncncc1Cl. The highest BCUT2D eigenvalue weighted by atomic mass is 35.5. The fourth-order valence-corrected chi connectivity index (χ4v) is 0.969. The lowest BCUT2D eigenvalue weighted by molar-refractivity contribution is 0.627. The lowest BCUT2D eigenvalue weighted by Gasteiger charge is -2.10. The number of aromatic nitrogens is 2. The van der Waals surface area contributed by atoms with Gasteiger partial charge in [0.2, 0.25) is 0 Å². The Balaban J connectivity index is 2.50. The lowest BCUT2D eigenvalue weighted by Crippen LogP contribution is -2.20. The first kappa shape index (κ1) is 10.2. The summed E-state index contributed by atoms with van der Waals surface area (Å²) in [5, 5.41) is 3.63. The summed E-state index contributed by atoms with van der Waals surface area (Å²) in [6.45, 7) is 3.48. The molecule has 0 aliphatic heterocycles. The maximum absolute atomic E-state index is 5.83. The predicted octanol–water partition coefficient (Wildman–Crippen LogP) is 1.14. The molecular weight excluding hydrogens is 188 g/mol. The molecule has 0 fully saturated rings. The van der Waals surface area contributed by atoms with Gasteiger partial charge in [0.15, 0.2) is 0 Å². The van der Waals surface area contributed by atoms with Crippen molar-refractivity contribution in [2.45, 2.75) is 6.92 Å². The molecule has 1 unspecified atom stereocenters. The quantitative estimate of drug-likeness (QED) is 0.765. The zero-order valence-electron chi connectivity index (χ0n) is 7.50. The molecule has 0 saturated heterocycles. The number of halogens is 1. The van der Waals surface area contributed by atoms with Gasteiger partial charge in [0.1, 0.15) is 17.2 Å². The Morgan fingerprint density at radius 2 is 2.46 bits per heavy atom. The lowest BCUT2D eigenvalue weighted by atomic mass is 10.2. The second-order valence-electron chi connectivity index (χ2n) is 2.94. The Kier molecular flexibility index (Phi) is 3.92. The molecule has 0 aromatic carbocycles. The van der Waals surface area contributed by atoms with Crippen molar-refractivity contribution < 1.29 is 0 Å². The third-order valence-electron chi connectivity index (χ3n) is 1.69. The van der Waals surface area contributed by atoms with Crippen molar-refractivity contribution in [1.29, 1.82) is 0 Å². The Morgan fingerprint density at radius 3 is 3.08 bits per heavy atom. The van der Waals surface area contributed by atoms with E-state index in [0.29, 0.717) is 23.3 Å². The first-order valence-electron chi connectivity index (χ1n) is 4.13. The normalized spacial score (nSPS) is 12.5. The molecule has 1 aromatic rings. The first-order valence-corrected chi connectivity index (χ1v) is 4.51. The van der Waals surface area contributed by atoms with Crippen molar-refractivity contribution in [2.24, 2.45) is 11.7 Å². The summed E-state index contributed by atoms with van der Waals surface area (Å²) in [7, 11) is 0. The molecular formula is C8H13ClN4. The van der Waals surface area contributed by atoms with Crippen LogP contribution >= 0.6 is 11.6 Å². The van der Waals surface area contributed by atoms with E-state index in [2.05, 4.69) is 22.2 Å². The first-order chi connectivity index (χ1) is 6.24. The summed E-state index contributed by atoms with van der Waals surface area (Å²) in [6.07, 6.45) is 3.02. The van der Waals surface area contributed by atoms with E-state index < -0.39 is 0 Å². The van der Waals surface area contributed by atoms with Crippen molar-refractivity contribution in [3.63, 3.8) is 0 Å². The minimum absolute atomic E-state index is 0.408. The van der Waals surface area contributed by atoms with E-state index in [9.17, 15) is 0 Å². The summed E-state index contributed by atoms with van der Waals surface area (Å²) in [4.78, 5) is 7.77. The molecule has 1 rings (SSSR count). The standard InChI is InChI=1S/C8H13ClN4/c1-6(2-10)3-12-8-7(9)4-11-5-13-8/h4-6H,2-3,10H2,1H3,(H,11,12,13). The topological polar surface area (TPSA) is 63.8 Å². The minimum Gasteiger partial charge on any atom is -0.368 e. The van der Waals surface area contributed by atoms with Crippen LogP contribution in [-0.4, -0.2) is 23.1 Å². The number of nitrogens with two attached hydrogens (primary N) is 1. The van der Waals surface area contributed by atoms with E-state index in [0.717, 1.165) is 6.54 Å². The molecule has 3 N–H and O–H groups in total. The molecule has 5 heteroatoms. The number of nitrogens with zero attached hydrogens (tertiary/aromatic N) is 2. The van der Waals surface area contributed by atoms with Crippen LogP contribution < -0.4 is 11.1 Å². The summed E-state index contributed by atoms with van der Waals surface area (Å²) < 4.78 is 0. The van der Waals surface area contributed by atoms with Gasteiger partial charge in [-0.1, -0.05) is 18.5 Å². The minimum atomic E-state index is 0.408. The molecule has 0 bridgehead atoms. The number of hydrogen-bond acceptors (Lipinski definition) is 4. The van der Waals surface area contributed by atoms with E-state index in [4.69, 9.17) is 17.3 Å². The van der Waals surface area contributed by atoms with Gasteiger partial charge in [-0.05, 0) is 12.5 Å². The van der Waals surface area contributed by atoms with Crippen LogP contribution in [0.4, 0.5) is 5.82 Å². The highest BCUT2D eigenvalue weighted by Crippen LogP contribution is 2.15. The van der Waals surface area contributed by atoms with Crippen LogP contribution in [0.15, 0.2) is 12.5 Å². The Morgan fingerprint density at radius 1 is 1.69 bits per heavy atom. The molecule has 0 amide bonds. The average molecular weight is 201 g/mol. The van der Waals surface area contributed by atoms with Gasteiger partial charge in [0.05, 0.1) is 6.20 Å². The van der Waals surface area contributed by atoms with Crippen LogP contribution in [-0.2, 0) is 0 Å². The number of hydrogen-bond donors (Lipinski definition) is 2. The fraction of sp³-hybridized carbons (Fsp3) is 0.500. The van der Waals surface area contributed by atoms with Crippen LogP contribution in [0, 0.1) is 5.92 Å². The molecule has 1 aromatic heterocycles. The zero-order valence-corrected chi connectivity index (χ0v) is 8.25. The molecule has 72 valence electrons. The van der Waals surface area contributed by atoms with E-state index in [1.54, 1.807) is 6.20 Å². The predicted molar refractivity (Wildman–Crippen MR) is 53.8 cm³/mol. The van der Waals surface area contributed by atoms with Crippen molar-refractivity contribution in [1.82, 2.24) is 9.97 Å². The second kappa shape index (κ2) is 4.99. The van der Waals surface area contributed by atoms with Gasteiger partial charge in [-0.2, -0.15) is 0 Å². The number of rotatable bonds is 4. The molecule has 0 aliphatic rings. The van der Waals surface area contributed by atoms with Crippen LogP contribution in [0.2, 0.25) is 5.02 Å². The second-order valence-corrected chi connectivity index (χ2v) is 3.35. The summed E-state index contributed by atoms with van der Waals surface area (Å²) in [5.74, 6) is 1.07. The van der Waals surface area contributed by atoms with Gasteiger partial charge < -0.3 is 11.1 Å². The van der Waals surface area contributed by atoms with Gasteiger partial charge in [-0.15, -0.1) is 0 Å². The van der Waals surface area contributed by atoms with E-state index in [-0.39, 0.29) is 0 Å². The van der Waals surface area contributed by atoms with Gasteiger partial charge in [0, 0.05) is 6.54 Å².